The number of hydrogen-bond donors (Lipinski definition) is 2. The molecule has 0 radical (unpaired) electrons. The predicted molar refractivity (Wildman–Crippen MR) is 109 cm³/mol. The van der Waals surface area contributed by atoms with Gasteiger partial charge in [-0.25, -0.2) is 4.99 Å². The Morgan fingerprint density at radius 1 is 1.30 bits per heavy atom. The number of halogens is 1. The van der Waals surface area contributed by atoms with Crippen LogP contribution in [0, 0.1) is 0 Å². The quantitative estimate of drug-likeness (QED) is 0.276. The van der Waals surface area contributed by atoms with Crippen LogP contribution in [0.3, 0.4) is 0 Å². The van der Waals surface area contributed by atoms with Gasteiger partial charge in [-0.05, 0) is 48.7 Å². The minimum absolute atomic E-state index is 0. The number of rotatable bonds is 8. The standard InChI is InChI=1S/C16H28N4OS.HI/c1-2-17-16(19-13-15-5-12-22-14-15)18-6-3-4-7-20-8-10-21-11-9-20;/h5,12,14H,2-4,6-11,13H2,1H3,(H2,17,18,19);1H. The molecule has 1 saturated heterocycles. The number of unbranched alkanes of at least 4 members (excludes halogenated alkanes) is 1. The fourth-order valence-corrected chi connectivity index (χ4v) is 3.05. The van der Waals surface area contributed by atoms with Crippen LogP contribution in [0.25, 0.3) is 0 Å². The summed E-state index contributed by atoms with van der Waals surface area (Å²) in [6, 6.07) is 2.13. The second-order valence-electron chi connectivity index (χ2n) is 5.41. The molecule has 0 aromatic carbocycles. The number of ether oxygens (including phenoxy) is 1. The Morgan fingerprint density at radius 2 is 2.13 bits per heavy atom. The predicted octanol–water partition coefficient (Wildman–Crippen LogP) is 2.53. The third-order valence-electron chi connectivity index (χ3n) is 3.64. The lowest BCUT2D eigenvalue weighted by atomic mass is 10.2. The molecule has 0 atom stereocenters. The molecule has 5 nitrogen and oxygen atoms in total. The minimum Gasteiger partial charge on any atom is -0.379 e. The van der Waals surface area contributed by atoms with Gasteiger partial charge in [0.05, 0.1) is 19.8 Å². The fraction of sp³-hybridized carbons (Fsp3) is 0.688. The first-order chi connectivity index (χ1) is 10.9. The van der Waals surface area contributed by atoms with E-state index < -0.39 is 0 Å². The summed E-state index contributed by atoms with van der Waals surface area (Å²) in [5.41, 5.74) is 1.27. The van der Waals surface area contributed by atoms with E-state index in [0.29, 0.717) is 0 Å². The summed E-state index contributed by atoms with van der Waals surface area (Å²) in [6.45, 7) is 9.82. The smallest absolute Gasteiger partial charge is 0.191 e. The molecule has 0 spiro atoms. The lowest BCUT2D eigenvalue weighted by Crippen LogP contribution is -2.39. The molecule has 7 heteroatoms. The van der Waals surface area contributed by atoms with Gasteiger partial charge in [0.25, 0.3) is 0 Å². The van der Waals surface area contributed by atoms with Gasteiger partial charge in [0.15, 0.2) is 5.96 Å². The highest BCUT2D eigenvalue weighted by Crippen LogP contribution is 2.06. The van der Waals surface area contributed by atoms with Crippen LogP contribution < -0.4 is 10.6 Å². The van der Waals surface area contributed by atoms with Crippen molar-refractivity contribution in [3.8, 4) is 0 Å². The number of thiophene rings is 1. The Bertz CT molecular complexity index is 422. The molecule has 1 aromatic heterocycles. The first-order valence-corrected chi connectivity index (χ1v) is 9.16. The van der Waals surface area contributed by atoms with Crippen LogP contribution in [0.15, 0.2) is 21.8 Å². The summed E-state index contributed by atoms with van der Waals surface area (Å²) < 4.78 is 5.37. The van der Waals surface area contributed by atoms with Crippen LogP contribution in [0.1, 0.15) is 25.3 Å². The summed E-state index contributed by atoms with van der Waals surface area (Å²) >= 11 is 1.72. The van der Waals surface area contributed by atoms with Gasteiger partial charge in [0.2, 0.25) is 0 Å². The number of nitrogens with zero attached hydrogens (tertiary/aromatic N) is 2. The Labute approximate surface area is 160 Å². The maximum absolute atomic E-state index is 5.37. The molecular formula is C16H29IN4OS. The van der Waals surface area contributed by atoms with E-state index in [9.17, 15) is 0 Å². The molecule has 1 fully saturated rings. The normalized spacial score (nSPS) is 16.0. The van der Waals surface area contributed by atoms with E-state index in [1.807, 2.05) is 0 Å². The second kappa shape index (κ2) is 13.0. The van der Waals surface area contributed by atoms with E-state index in [-0.39, 0.29) is 24.0 Å². The van der Waals surface area contributed by atoms with Crippen molar-refractivity contribution in [2.24, 2.45) is 4.99 Å². The first-order valence-electron chi connectivity index (χ1n) is 8.22. The summed E-state index contributed by atoms with van der Waals surface area (Å²) in [6.07, 6.45) is 2.39. The van der Waals surface area contributed by atoms with Crippen molar-refractivity contribution in [1.82, 2.24) is 15.5 Å². The monoisotopic (exact) mass is 452 g/mol. The zero-order chi connectivity index (χ0) is 15.5. The molecule has 132 valence electrons. The molecule has 2 heterocycles. The van der Waals surface area contributed by atoms with Crippen LogP contribution in [0.2, 0.25) is 0 Å². The zero-order valence-electron chi connectivity index (χ0n) is 13.9. The Kier molecular flexibility index (Phi) is 11.7. The molecule has 0 unspecified atom stereocenters. The van der Waals surface area contributed by atoms with Crippen LogP contribution in [-0.2, 0) is 11.3 Å². The molecule has 23 heavy (non-hydrogen) atoms. The van der Waals surface area contributed by atoms with Crippen molar-refractivity contribution < 1.29 is 4.74 Å². The highest BCUT2D eigenvalue weighted by molar-refractivity contribution is 14.0. The zero-order valence-corrected chi connectivity index (χ0v) is 17.1. The van der Waals surface area contributed by atoms with E-state index >= 15 is 0 Å². The van der Waals surface area contributed by atoms with E-state index in [0.717, 1.165) is 51.9 Å². The maximum atomic E-state index is 5.37. The van der Waals surface area contributed by atoms with Crippen molar-refractivity contribution in [2.45, 2.75) is 26.3 Å². The molecule has 1 aromatic rings. The average Bonchev–Trinajstić information content (AvgIpc) is 3.06. The van der Waals surface area contributed by atoms with Gasteiger partial charge < -0.3 is 15.4 Å². The molecule has 0 aliphatic carbocycles. The minimum atomic E-state index is 0. The van der Waals surface area contributed by atoms with Crippen LogP contribution in [0.5, 0.6) is 0 Å². The summed E-state index contributed by atoms with van der Waals surface area (Å²) in [5.74, 6) is 0.917. The topological polar surface area (TPSA) is 48.9 Å². The molecule has 2 rings (SSSR count). The Morgan fingerprint density at radius 3 is 2.83 bits per heavy atom. The van der Waals surface area contributed by atoms with Crippen molar-refractivity contribution >= 4 is 41.3 Å². The number of hydrogen-bond acceptors (Lipinski definition) is 4. The van der Waals surface area contributed by atoms with Crippen molar-refractivity contribution in [2.75, 3.05) is 45.9 Å². The van der Waals surface area contributed by atoms with E-state index in [1.165, 1.54) is 24.9 Å². The SMILES string of the molecule is CCNC(=NCc1ccsc1)NCCCCN1CCOCC1.I. The first kappa shape index (κ1) is 20.7. The van der Waals surface area contributed by atoms with E-state index in [2.05, 4.69) is 44.3 Å². The number of aliphatic imine (C=N–C) groups is 1. The third-order valence-corrected chi connectivity index (χ3v) is 4.37. The molecule has 0 bridgehead atoms. The molecule has 1 aliphatic rings. The highest BCUT2D eigenvalue weighted by Gasteiger charge is 2.08. The van der Waals surface area contributed by atoms with Crippen molar-refractivity contribution in [1.29, 1.82) is 0 Å². The van der Waals surface area contributed by atoms with Gasteiger partial charge in [-0.2, -0.15) is 11.3 Å². The van der Waals surface area contributed by atoms with Crippen molar-refractivity contribution in [3.05, 3.63) is 22.4 Å². The summed E-state index contributed by atoms with van der Waals surface area (Å²) in [5, 5.41) is 11.0. The summed E-state index contributed by atoms with van der Waals surface area (Å²) in [4.78, 5) is 7.10. The van der Waals surface area contributed by atoms with Crippen molar-refractivity contribution in [3.63, 3.8) is 0 Å². The second-order valence-corrected chi connectivity index (χ2v) is 6.19. The Balaban J connectivity index is 0.00000264. The van der Waals surface area contributed by atoms with Gasteiger partial charge in [-0.3, -0.25) is 4.90 Å². The van der Waals surface area contributed by atoms with Gasteiger partial charge >= 0.3 is 0 Å². The lowest BCUT2D eigenvalue weighted by Gasteiger charge is -2.26. The summed E-state index contributed by atoms with van der Waals surface area (Å²) in [7, 11) is 0. The molecule has 2 N–H and O–H groups in total. The number of morpholine rings is 1. The third kappa shape index (κ3) is 8.88. The van der Waals surface area contributed by atoms with Crippen LogP contribution in [0.4, 0.5) is 0 Å². The van der Waals surface area contributed by atoms with E-state index in [1.54, 1.807) is 11.3 Å². The van der Waals surface area contributed by atoms with Crippen LogP contribution in [-0.4, -0.2) is 56.8 Å². The average molecular weight is 452 g/mol. The van der Waals surface area contributed by atoms with E-state index in [4.69, 9.17) is 4.74 Å². The van der Waals surface area contributed by atoms with Crippen LogP contribution >= 0.6 is 35.3 Å². The fourth-order valence-electron chi connectivity index (χ4n) is 2.39. The Hall–Kier alpha value is -0.380. The van der Waals surface area contributed by atoms with Gasteiger partial charge in [0, 0.05) is 26.2 Å². The largest absolute Gasteiger partial charge is 0.379 e. The number of nitrogens with one attached hydrogen (secondary N) is 2. The van der Waals surface area contributed by atoms with Gasteiger partial charge in [-0.15, -0.1) is 24.0 Å². The molecule has 1 aliphatic heterocycles. The number of guanidine groups is 1. The highest BCUT2D eigenvalue weighted by atomic mass is 127. The van der Waals surface area contributed by atoms with Gasteiger partial charge in [-0.1, -0.05) is 0 Å². The molecular weight excluding hydrogens is 423 g/mol. The lowest BCUT2D eigenvalue weighted by molar-refractivity contribution is 0.0372. The maximum Gasteiger partial charge on any atom is 0.191 e. The molecule has 0 amide bonds. The molecule has 0 saturated carbocycles. The van der Waals surface area contributed by atoms with Gasteiger partial charge in [0.1, 0.15) is 0 Å².